The Morgan fingerprint density at radius 3 is 1.23 bits per heavy atom. The maximum Gasteiger partial charge on any atom is 0.472 e. The summed E-state index contributed by atoms with van der Waals surface area (Å²) in [5, 5.41) is 33.2. The van der Waals surface area contributed by atoms with Crippen LogP contribution in [0.1, 0.15) is 37.4 Å². The third kappa shape index (κ3) is 17.2. The van der Waals surface area contributed by atoms with E-state index in [-0.39, 0.29) is 91.5 Å². The number of ether oxygens (including phenoxy) is 7. The van der Waals surface area contributed by atoms with Crippen LogP contribution in [-0.2, 0) is 115 Å². The minimum absolute atomic E-state index is 0.0276. The van der Waals surface area contributed by atoms with Gasteiger partial charge >= 0.3 is 46.9 Å². The normalized spacial score (nSPS) is 38.6. The first-order valence-electron chi connectivity index (χ1n) is 39.5. The number of anilines is 6. The number of phosphoric ester groups is 6. The predicted molar refractivity (Wildman–Crippen MR) is 435 cm³/mol. The number of H-pyrrole nitrogens is 2. The van der Waals surface area contributed by atoms with E-state index in [0.29, 0.717) is 16.9 Å². The van der Waals surface area contributed by atoms with Crippen molar-refractivity contribution in [3.05, 3.63) is 102 Å². The van der Waals surface area contributed by atoms with Gasteiger partial charge in [0.2, 0.25) is 11.9 Å². The second kappa shape index (κ2) is 34.6. The van der Waals surface area contributed by atoms with Crippen molar-refractivity contribution in [2.75, 3.05) is 80.7 Å². The molecular formula is C64H73F2N27O36P6. The number of nitrogens with one attached hydrogen (secondary N) is 2. The van der Waals surface area contributed by atoms with Gasteiger partial charge < -0.3 is 112 Å². The van der Waals surface area contributed by atoms with E-state index in [1.165, 1.54) is 74.3 Å². The van der Waals surface area contributed by atoms with Gasteiger partial charge in [-0.05, 0) is 18.2 Å². The number of phosphoric acid groups is 6. The van der Waals surface area contributed by atoms with Crippen LogP contribution >= 0.6 is 46.9 Å². The number of alkyl halides is 2. The Morgan fingerprint density at radius 2 is 0.726 bits per heavy atom. The Balaban J connectivity index is 0.000000126. The number of nitrogen functional groups attached to an aromatic ring is 6. The fourth-order valence-electron chi connectivity index (χ4n) is 16.7. The number of aliphatic hydroxyl groups is 3. The average molecular weight is 2020 g/mol. The summed E-state index contributed by atoms with van der Waals surface area (Å²) in [6.07, 6.45) is -24.3. The highest BCUT2D eigenvalue weighted by Crippen LogP contribution is 2.61. The van der Waals surface area contributed by atoms with Crippen LogP contribution in [0.4, 0.5) is 43.6 Å². The Hall–Kier alpha value is -9.97. The Morgan fingerprint density at radius 1 is 0.363 bits per heavy atom. The Kier molecular flexibility index (Phi) is 23.7. The van der Waals surface area contributed by atoms with Crippen LogP contribution in [0.15, 0.2) is 90.7 Å². The average Bonchev–Trinajstić information content (AvgIpc) is 1.55. The number of nitrogens with two attached hydrogens (primary N) is 6. The summed E-state index contributed by atoms with van der Waals surface area (Å²) in [7, 11) is -30.5. The fraction of sp³-hybridized carbons (Fsp3) is 0.484. The van der Waals surface area contributed by atoms with E-state index in [0.717, 1.165) is 28.1 Å². The van der Waals surface area contributed by atoms with E-state index in [1.807, 2.05) is 0 Å². The maximum atomic E-state index is 15.9. The number of hydrogen-bond donors (Lipinski definition) is 17. The van der Waals surface area contributed by atoms with Gasteiger partial charge in [-0.25, -0.2) is 91.0 Å². The van der Waals surface area contributed by atoms with Crippen LogP contribution in [-0.4, -0.2) is 303 Å². The Labute approximate surface area is 745 Å². The van der Waals surface area contributed by atoms with E-state index in [4.69, 9.17) is 122 Å². The molecule has 0 saturated carbocycles. The van der Waals surface area contributed by atoms with Crippen LogP contribution in [0.2, 0.25) is 0 Å². The lowest BCUT2D eigenvalue weighted by Crippen LogP contribution is -2.45. The molecule has 23 N–H and O–H groups in total. The van der Waals surface area contributed by atoms with Crippen molar-refractivity contribution < 1.29 is 168 Å². The SMILES string of the molecule is Nc1ccnc2c1ncn2[C@@H]1O[C@@H]2COP(=O)(O)O[C@H]3C(O)[C@@H](COP(=O)(O)OC2[C@@H]1F)O[C@H]3n1cnc2c(N)ncnc21.Nc1nc2c(ncn2[C@@H]2O[C@@H]3COP(=O)(O)OC4[C@@H](COP(=O)(O)O[C@H]2C3F)O[C@@H](n2cnc3c(N)ccnc32)[C@H]4O)c(=O)[nH]1.Nc1nc2c(ncn2[C@@H]2O[C@@H]3COP(=O)(O)OC4[C@@H]5OC[C@]4(COP(=O)(O)O[C@H]2C3O)O[C@H]5n2cnc3c(N)ccnc32)c(=O)[nH]1. The molecule has 30 atom stereocenters. The number of aromatic nitrogens is 21. The minimum atomic E-state index is -5.19. The number of rotatable bonds is 6. The third-order valence-corrected chi connectivity index (χ3v) is 28.7. The summed E-state index contributed by atoms with van der Waals surface area (Å²) in [4.78, 5) is 146. The summed E-state index contributed by atoms with van der Waals surface area (Å²) >= 11 is 0. The largest absolute Gasteiger partial charge is 0.472 e. The van der Waals surface area contributed by atoms with Gasteiger partial charge in [-0.2, -0.15) is 9.97 Å². The van der Waals surface area contributed by atoms with Gasteiger partial charge in [-0.3, -0.25) is 101 Å². The lowest BCUT2D eigenvalue weighted by molar-refractivity contribution is -0.184. The van der Waals surface area contributed by atoms with Gasteiger partial charge in [0.25, 0.3) is 11.1 Å². The topological polar surface area (TPSA) is 879 Å². The van der Waals surface area contributed by atoms with E-state index in [2.05, 4.69) is 74.8 Å². The molecule has 71 heteroatoms. The Bertz CT molecular complexity index is 7090. The fourth-order valence-corrected chi connectivity index (χ4v) is 22.4. The highest BCUT2D eigenvalue weighted by atomic mass is 31.2. The van der Waals surface area contributed by atoms with Crippen LogP contribution in [0.25, 0.3) is 67.0 Å². The third-order valence-electron chi connectivity index (χ3n) is 22.9. The molecule has 0 aromatic carbocycles. The zero-order chi connectivity index (χ0) is 95.0. The summed E-state index contributed by atoms with van der Waals surface area (Å²) < 4.78 is 222. The molecule has 10 fully saturated rings. The molecule has 135 heavy (non-hydrogen) atoms. The van der Waals surface area contributed by atoms with Gasteiger partial charge in [0.1, 0.15) is 126 Å². The number of aromatic amines is 2. The van der Waals surface area contributed by atoms with Gasteiger partial charge in [-0.1, -0.05) is 0 Å². The molecule has 8 bridgehead atoms. The second-order valence-corrected chi connectivity index (χ2v) is 39.7. The van der Waals surface area contributed by atoms with Crippen LogP contribution in [0.3, 0.4) is 0 Å². The van der Waals surface area contributed by atoms with Crippen molar-refractivity contribution in [3.8, 4) is 0 Å². The molecule has 724 valence electrons. The number of aliphatic hydroxyl groups excluding tert-OH is 3. The molecule has 22 heterocycles. The zero-order valence-electron chi connectivity index (χ0n) is 67.7. The van der Waals surface area contributed by atoms with Crippen LogP contribution in [0, 0.1) is 0 Å². The van der Waals surface area contributed by atoms with Gasteiger partial charge in [0, 0.05) is 18.6 Å². The molecule has 12 aromatic heterocycles. The molecule has 10 aliphatic heterocycles. The summed E-state index contributed by atoms with van der Waals surface area (Å²) in [5.41, 5.74) is 33.9. The summed E-state index contributed by atoms with van der Waals surface area (Å²) in [6, 6.07) is 4.55. The van der Waals surface area contributed by atoms with Crippen molar-refractivity contribution in [2.24, 2.45) is 0 Å². The number of pyridine rings is 3. The van der Waals surface area contributed by atoms with Crippen molar-refractivity contribution in [1.29, 1.82) is 0 Å². The molecular weight excluding hydrogens is 1950 g/mol. The first-order valence-corrected chi connectivity index (χ1v) is 48.5. The molecule has 10 aliphatic rings. The van der Waals surface area contributed by atoms with E-state index >= 15 is 8.78 Å². The summed E-state index contributed by atoms with van der Waals surface area (Å²) in [5.74, 6) is -0.553. The molecule has 63 nitrogen and oxygen atoms in total. The molecule has 10 saturated heterocycles. The van der Waals surface area contributed by atoms with Crippen LogP contribution in [0.5, 0.6) is 0 Å². The molecule has 22 rings (SSSR count). The van der Waals surface area contributed by atoms with Crippen molar-refractivity contribution in [2.45, 2.75) is 147 Å². The number of fused-ring (bicyclic) bond motifs is 14. The molecule has 0 spiro atoms. The van der Waals surface area contributed by atoms with Gasteiger partial charge in [0.15, 0.2) is 100 Å². The van der Waals surface area contributed by atoms with Crippen molar-refractivity contribution in [3.63, 3.8) is 0 Å². The van der Waals surface area contributed by atoms with E-state index < -0.39 is 245 Å². The number of hydrogen-bond acceptors (Lipinski definition) is 49. The first-order chi connectivity index (χ1) is 64.1. The smallest absolute Gasteiger partial charge is 0.397 e. The quantitative estimate of drug-likeness (QED) is 0.0790. The van der Waals surface area contributed by atoms with Gasteiger partial charge in [0.05, 0.1) is 101 Å². The van der Waals surface area contributed by atoms with E-state index in [1.54, 1.807) is 6.07 Å². The molecule has 0 amide bonds. The monoisotopic (exact) mass is 2020 g/mol. The summed E-state index contributed by atoms with van der Waals surface area (Å²) in [6.45, 7) is -5.25. The predicted octanol–water partition coefficient (Wildman–Crippen LogP) is -2.14. The van der Waals surface area contributed by atoms with E-state index in [9.17, 15) is 81.7 Å². The van der Waals surface area contributed by atoms with Crippen LogP contribution < -0.4 is 45.5 Å². The van der Waals surface area contributed by atoms with Gasteiger partial charge in [-0.15, -0.1) is 0 Å². The zero-order valence-corrected chi connectivity index (χ0v) is 73.0. The number of halogens is 2. The maximum absolute atomic E-state index is 15.9. The van der Waals surface area contributed by atoms with Crippen molar-refractivity contribution in [1.82, 2.24) is 102 Å². The second-order valence-electron chi connectivity index (χ2n) is 31.3. The standard InChI is InChI=1S/C22H25N9O13P2.C21H24FN9O12P2.C21H24FN9O11P2/c23-8-1-2-25-16-10(8)26-6-30(16)20-14-15-22(42-20,4-38-14)5-40-46(36,37)43-13-12(32)9(3-39-45(34,35)44-15)41-19(13)31-7-27-11-17(31)28-21(24)29-18(11)33;22-10-8-3-38-44(34,35)42-14-9(41-19(13(14)32)30-5-26-11-7(23)1-2-25-16(11)30)4-39-45(36,37)43-15(10)20(40-8)31-6-27-12-17(31)28-21(24)29-18(12)33;22-11-15-10(40-20(11)30-6-28-12-8(23)1-2-25-18(12)30)4-38-44(35,36)42-16-14(32)9(3-37-43(33,34)41-15)39-21(16)31-7-29-13-17(24)26-5-27-19(13)31/h1-2,6-7,9,12-15,19-20,32H,3-5H2,(H2,23,25)(H,34,35)(H,36,37)(H3,24,28,29,33);1-2,5-6,8-10,13-15,19-20,32H,3-4H2,(H2,23,25)(H,34,35)(H,36,37)(H3,24,28,29,33);1-2,5-7,9-11,14-16,20-21,32H,3-4H2,(H2,23,25)(H,33,34)(H,35,36)(H2,24,26,27)/t9-,12?,13+,14+,15?,19-,20-,22-;8-,9-,10?,13+,14?,15+,19-,20-;9-,10-,11+,14?,15?,16+,20-,21-/m111/s1. The molecule has 12 unspecified atom stereocenters. The molecule has 0 aliphatic carbocycles. The molecule has 12 aromatic rings. The lowest BCUT2D eigenvalue weighted by Gasteiger charge is -2.32. The van der Waals surface area contributed by atoms with Crippen molar-refractivity contribution >= 4 is 149 Å². The number of nitrogens with zero attached hydrogens (tertiary/aromatic N) is 19. The minimum Gasteiger partial charge on any atom is -0.397 e. The molecule has 0 radical (unpaired) electrons. The highest BCUT2D eigenvalue weighted by Gasteiger charge is 2.67. The first kappa shape index (κ1) is 92.7. The number of imidazole rings is 6. The lowest BCUT2D eigenvalue weighted by atomic mass is 10.0. The highest BCUT2D eigenvalue weighted by molar-refractivity contribution is 7.48.